The molecule has 3 N–H and O–H groups in total. The fourth-order valence-corrected chi connectivity index (χ4v) is 1.25. The number of amides is 1. The van der Waals surface area contributed by atoms with Crippen LogP contribution in [0.2, 0.25) is 0 Å². The van der Waals surface area contributed by atoms with Crippen LogP contribution in [0.15, 0.2) is 11.3 Å². The molecule has 82 valence electrons. The Bertz CT molecular complexity index is 343. The van der Waals surface area contributed by atoms with Gasteiger partial charge >= 0.3 is 10.4 Å². The van der Waals surface area contributed by atoms with Crippen LogP contribution in [0.4, 0.5) is 0 Å². The maximum Gasteiger partial charge on any atom is 0.446 e. The van der Waals surface area contributed by atoms with Gasteiger partial charge in [0.05, 0.1) is 5.57 Å². The lowest BCUT2D eigenvalue weighted by atomic mass is 10.2. The molecule has 14 heavy (non-hydrogen) atoms. The lowest BCUT2D eigenvalue weighted by molar-refractivity contribution is -0.114. The topological polar surface area (TPSA) is 107 Å². The molecule has 0 unspecified atom stereocenters. The molecule has 0 aromatic rings. The Morgan fingerprint density at radius 3 is 2.29 bits per heavy atom. The Labute approximate surface area is 82.7 Å². The summed E-state index contributed by atoms with van der Waals surface area (Å²) in [6.45, 7) is 3.10. The number of nitrogens with two attached hydrogens (primary N) is 1. The van der Waals surface area contributed by atoms with Gasteiger partial charge in [0.2, 0.25) is 5.91 Å². The minimum atomic E-state index is -4.59. The van der Waals surface area contributed by atoms with Crippen LogP contribution in [-0.4, -0.2) is 18.9 Å². The number of carbonyl (C=O) groups excluding carboxylic acids is 1. The number of allylic oxidation sites excluding steroid dienone is 1. The van der Waals surface area contributed by atoms with Gasteiger partial charge in [0.15, 0.2) is 0 Å². The molecule has 0 aliphatic carbocycles. The number of hydrogen-bond donors (Lipinski definition) is 2. The van der Waals surface area contributed by atoms with Crippen molar-refractivity contribution in [2.24, 2.45) is 5.73 Å². The van der Waals surface area contributed by atoms with Crippen LogP contribution in [0, 0.1) is 0 Å². The molecule has 0 saturated carbocycles. The third-order valence-corrected chi connectivity index (χ3v) is 1.88. The highest BCUT2D eigenvalue weighted by Gasteiger charge is 2.14. The van der Waals surface area contributed by atoms with Gasteiger partial charge in [-0.05, 0) is 13.3 Å². The van der Waals surface area contributed by atoms with Gasteiger partial charge in [-0.1, -0.05) is 6.92 Å². The first-order valence-corrected chi connectivity index (χ1v) is 5.31. The maximum absolute atomic E-state index is 10.7. The van der Waals surface area contributed by atoms with Crippen LogP contribution >= 0.6 is 0 Å². The zero-order valence-electron chi connectivity index (χ0n) is 7.98. The summed E-state index contributed by atoms with van der Waals surface area (Å²) in [4.78, 5) is 10.7. The normalized spacial score (nSPS) is 13.4. The van der Waals surface area contributed by atoms with Crippen molar-refractivity contribution in [3.8, 4) is 0 Å². The van der Waals surface area contributed by atoms with E-state index >= 15 is 0 Å². The molecule has 7 heteroatoms. The fourth-order valence-electron chi connectivity index (χ4n) is 0.783. The van der Waals surface area contributed by atoms with Crippen LogP contribution in [-0.2, 0) is 19.4 Å². The van der Waals surface area contributed by atoms with E-state index in [4.69, 9.17) is 10.3 Å². The van der Waals surface area contributed by atoms with E-state index < -0.39 is 16.3 Å². The molecule has 1 amide bonds. The van der Waals surface area contributed by atoms with Crippen molar-refractivity contribution in [3.05, 3.63) is 11.3 Å². The Morgan fingerprint density at radius 1 is 1.50 bits per heavy atom. The summed E-state index contributed by atoms with van der Waals surface area (Å²) in [7, 11) is -4.59. The molecule has 0 saturated heterocycles. The first kappa shape index (κ1) is 12.9. The quantitative estimate of drug-likeness (QED) is 0.397. The van der Waals surface area contributed by atoms with Crippen molar-refractivity contribution in [3.63, 3.8) is 0 Å². The van der Waals surface area contributed by atoms with E-state index in [2.05, 4.69) is 4.18 Å². The molecular weight excluding hydrogens is 210 g/mol. The SMILES string of the molecule is CCCC(OS(=O)(=O)O)=C(C)C(N)=O. The number of primary amides is 1. The van der Waals surface area contributed by atoms with E-state index in [9.17, 15) is 13.2 Å². The molecular formula is C7H13NO5S. The largest absolute Gasteiger partial charge is 0.446 e. The molecule has 0 aromatic carbocycles. The Hall–Kier alpha value is -1.08. The van der Waals surface area contributed by atoms with Gasteiger partial charge < -0.3 is 9.92 Å². The zero-order valence-corrected chi connectivity index (χ0v) is 8.80. The molecule has 0 bridgehead atoms. The summed E-state index contributed by atoms with van der Waals surface area (Å²) < 4.78 is 33.4. The minimum absolute atomic E-state index is 0.00975. The summed E-state index contributed by atoms with van der Waals surface area (Å²) in [6, 6.07) is 0. The second kappa shape index (κ2) is 4.97. The second-order valence-electron chi connectivity index (χ2n) is 2.67. The van der Waals surface area contributed by atoms with E-state index in [0.29, 0.717) is 6.42 Å². The highest BCUT2D eigenvalue weighted by Crippen LogP contribution is 2.14. The third-order valence-electron chi connectivity index (χ3n) is 1.47. The van der Waals surface area contributed by atoms with Crippen LogP contribution in [0.25, 0.3) is 0 Å². The van der Waals surface area contributed by atoms with Gasteiger partial charge in [-0.3, -0.25) is 9.35 Å². The Kier molecular flexibility index (Phi) is 4.58. The van der Waals surface area contributed by atoms with Gasteiger partial charge in [0, 0.05) is 6.42 Å². The predicted octanol–water partition coefficient (Wildman–Crippen LogP) is 0.365. The highest BCUT2D eigenvalue weighted by molar-refractivity contribution is 7.81. The highest BCUT2D eigenvalue weighted by atomic mass is 32.3. The Morgan fingerprint density at radius 2 is 2.00 bits per heavy atom. The van der Waals surface area contributed by atoms with Crippen molar-refractivity contribution >= 4 is 16.3 Å². The average molecular weight is 223 g/mol. The average Bonchev–Trinajstić information content (AvgIpc) is 1.99. The van der Waals surface area contributed by atoms with Crippen molar-refractivity contribution in [2.45, 2.75) is 26.7 Å². The Balaban J connectivity index is 4.95. The molecule has 0 fully saturated rings. The molecule has 6 nitrogen and oxygen atoms in total. The molecule has 0 aromatic heterocycles. The molecule has 0 heterocycles. The fraction of sp³-hybridized carbons (Fsp3) is 0.571. The van der Waals surface area contributed by atoms with Gasteiger partial charge in [-0.15, -0.1) is 0 Å². The predicted molar refractivity (Wildman–Crippen MR) is 49.4 cm³/mol. The first-order chi connectivity index (χ1) is 6.28. The molecule has 0 atom stereocenters. The van der Waals surface area contributed by atoms with E-state index in [1.165, 1.54) is 6.92 Å². The van der Waals surface area contributed by atoms with Crippen LogP contribution < -0.4 is 5.73 Å². The standard InChI is InChI=1S/C7H13NO5S/c1-3-4-6(5(2)7(8)9)13-14(10,11)12/h3-4H2,1-2H3,(H2,8,9)(H,10,11,12). The third kappa shape index (κ3) is 4.83. The zero-order chi connectivity index (χ0) is 11.4. The summed E-state index contributed by atoms with van der Waals surface area (Å²) in [5.41, 5.74) is 4.92. The second-order valence-corrected chi connectivity index (χ2v) is 3.70. The van der Waals surface area contributed by atoms with Crippen LogP contribution in [0.5, 0.6) is 0 Å². The summed E-state index contributed by atoms with van der Waals surface area (Å²) in [6.07, 6.45) is 0.782. The number of rotatable bonds is 5. The van der Waals surface area contributed by atoms with E-state index in [1.807, 2.05) is 0 Å². The number of hydrogen-bond acceptors (Lipinski definition) is 4. The van der Waals surface area contributed by atoms with E-state index in [0.717, 1.165) is 0 Å². The molecule has 0 aliphatic rings. The van der Waals surface area contributed by atoms with Crippen molar-refractivity contribution in [1.82, 2.24) is 0 Å². The van der Waals surface area contributed by atoms with Gasteiger partial charge in [0.25, 0.3) is 0 Å². The molecule has 0 aliphatic heterocycles. The lowest BCUT2D eigenvalue weighted by Gasteiger charge is -2.07. The van der Waals surface area contributed by atoms with Crippen molar-refractivity contribution in [2.75, 3.05) is 0 Å². The summed E-state index contributed by atoms with van der Waals surface area (Å²) >= 11 is 0. The summed E-state index contributed by atoms with van der Waals surface area (Å²) in [5.74, 6) is -0.903. The molecule has 0 rings (SSSR count). The molecule has 0 radical (unpaired) electrons. The van der Waals surface area contributed by atoms with Gasteiger partial charge in [-0.25, -0.2) is 0 Å². The van der Waals surface area contributed by atoms with E-state index in [1.54, 1.807) is 6.92 Å². The molecule has 0 spiro atoms. The van der Waals surface area contributed by atoms with Crippen molar-refractivity contribution in [1.29, 1.82) is 0 Å². The monoisotopic (exact) mass is 223 g/mol. The lowest BCUT2D eigenvalue weighted by Crippen LogP contribution is -2.16. The van der Waals surface area contributed by atoms with Gasteiger partial charge in [0.1, 0.15) is 5.76 Å². The summed E-state index contributed by atoms with van der Waals surface area (Å²) in [5, 5.41) is 0. The first-order valence-electron chi connectivity index (χ1n) is 3.94. The van der Waals surface area contributed by atoms with Crippen molar-refractivity contribution < 1.29 is 21.9 Å². The van der Waals surface area contributed by atoms with Crippen LogP contribution in [0.1, 0.15) is 26.7 Å². The maximum atomic E-state index is 10.7. The van der Waals surface area contributed by atoms with Crippen LogP contribution in [0.3, 0.4) is 0 Å². The van der Waals surface area contributed by atoms with Gasteiger partial charge in [-0.2, -0.15) is 8.42 Å². The minimum Gasteiger partial charge on any atom is -0.366 e. The number of carbonyl (C=O) groups is 1. The smallest absolute Gasteiger partial charge is 0.366 e. The van der Waals surface area contributed by atoms with E-state index in [-0.39, 0.29) is 17.8 Å².